The third-order valence-corrected chi connectivity index (χ3v) is 4.61. The number of carboxylic acid groups (broad SMARTS) is 2. The van der Waals surface area contributed by atoms with E-state index in [0.29, 0.717) is 6.42 Å². The van der Waals surface area contributed by atoms with Crippen molar-refractivity contribution in [2.75, 3.05) is 39.3 Å². The molecule has 0 atom stereocenters. The number of carboxylic acids is 2. The summed E-state index contributed by atoms with van der Waals surface area (Å²) in [5.41, 5.74) is 0. The van der Waals surface area contributed by atoms with Crippen LogP contribution < -0.4 is 69.3 Å². The van der Waals surface area contributed by atoms with Crippen molar-refractivity contribution in [3.8, 4) is 0 Å². The zero-order valence-electron chi connectivity index (χ0n) is 19.2. The zero-order chi connectivity index (χ0) is 21.2. The van der Waals surface area contributed by atoms with Crippen molar-refractivity contribution in [1.82, 2.24) is 9.80 Å². The molecule has 0 bridgehead atoms. The fourth-order valence-corrected chi connectivity index (χ4v) is 3.07. The van der Waals surface area contributed by atoms with E-state index in [2.05, 4.69) is 6.92 Å². The molecule has 0 saturated carbocycles. The molecule has 30 heavy (non-hydrogen) atoms. The molecule has 0 rings (SSSR count). The van der Waals surface area contributed by atoms with Gasteiger partial charge >= 0.3 is 59.1 Å². The molecule has 0 unspecified atom stereocenters. The molecule has 0 fully saturated rings. The molecule has 0 aliphatic carbocycles. The summed E-state index contributed by atoms with van der Waals surface area (Å²) in [6, 6.07) is 0. The molecule has 0 heterocycles. The first kappa shape index (κ1) is 34.9. The Balaban J connectivity index is -0.00000364. The Bertz CT molecular complexity index is 439. The van der Waals surface area contributed by atoms with Crippen LogP contribution in [0.5, 0.6) is 0 Å². The number of aliphatic hydroxyl groups excluding tert-OH is 1. The van der Waals surface area contributed by atoms with Gasteiger partial charge in [-0.25, -0.2) is 0 Å². The van der Waals surface area contributed by atoms with Gasteiger partial charge in [0, 0.05) is 39.1 Å². The number of unbranched alkanes of at least 4 members (excludes halogenated alkanes) is 8. The third-order valence-electron chi connectivity index (χ3n) is 4.61. The molecule has 0 radical (unpaired) electrons. The largest absolute Gasteiger partial charge is 1.00 e. The number of carbonyl (C=O) groups excluding carboxylic acids is 3. The summed E-state index contributed by atoms with van der Waals surface area (Å²) >= 11 is 0. The average Bonchev–Trinajstić information content (AvgIpc) is 2.62. The smallest absolute Gasteiger partial charge is 0.549 e. The second kappa shape index (κ2) is 24.0. The van der Waals surface area contributed by atoms with Crippen LogP contribution in [0.25, 0.3) is 0 Å². The van der Waals surface area contributed by atoms with Crippen LogP contribution in [0.1, 0.15) is 71.1 Å². The van der Waals surface area contributed by atoms with Gasteiger partial charge in [-0.3, -0.25) is 9.69 Å². The molecule has 1 N–H and O–H groups in total. The Morgan fingerprint density at radius 1 is 0.733 bits per heavy atom. The van der Waals surface area contributed by atoms with Crippen molar-refractivity contribution in [1.29, 1.82) is 0 Å². The number of hydrogen-bond acceptors (Lipinski definition) is 7. The van der Waals surface area contributed by atoms with Gasteiger partial charge in [0.25, 0.3) is 0 Å². The summed E-state index contributed by atoms with van der Waals surface area (Å²) in [6.45, 7) is 1.25. The second-order valence-corrected chi connectivity index (χ2v) is 7.14. The summed E-state index contributed by atoms with van der Waals surface area (Å²) in [4.78, 5) is 36.3. The molecule has 8 nitrogen and oxygen atoms in total. The summed E-state index contributed by atoms with van der Waals surface area (Å²) in [5.74, 6) is -2.90. The van der Waals surface area contributed by atoms with Gasteiger partial charge in [0.15, 0.2) is 0 Å². The summed E-state index contributed by atoms with van der Waals surface area (Å²) in [7, 11) is 0. The van der Waals surface area contributed by atoms with Crippen LogP contribution in [-0.4, -0.2) is 72.1 Å². The summed E-state index contributed by atoms with van der Waals surface area (Å²) in [5, 5.41) is 30.6. The Kier molecular flexibility index (Phi) is 27.9. The van der Waals surface area contributed by atoms with Gasteiger partial charge in [-0.2, -0.15) is 0 Å². The molecule has 0 spiro atoms. The van der Waals surface area contributed by atoms with E-state index in [0.717, 1.165) is 24.2 Å². The Labute approximate surface area is 225 Å². The molecule has 0 aromatic carbocycles. The normalized spacial score (nSPS) is 10.2. The number of hydrogen-bond donors (Lipinski definition) is 1. The SMILES string of the molecule is CCCCCCCCCCCC(=O)N(CCO)CCN(CC(=O)[O-])CC(=O)[O-].[Na+].[Na+]. The van der Waals surface area contributed by atoms with E-state index in [1.807, 2.05) is 0 Å². The Morgan fingerprint density at radius 3 is 1.63 bits per heavy atom. The van der Waals surface area contributed by atoms with Gasteiger partial charge in [0.2, 0.25) is 5.91 Å². The molecule has 164 valence electrons. The van der Waals surface area contributed by atoms with E-state index >= 15 is 0 Å². The maximum atomic E-state index is 12.3. The van der Waals surface area contributed by atoms with Crippen LogP contribution >= 0.6 is 0 Å². The number of nitrogens with zero attached hydrogens (tertiary/aromatic N) is 2. The maximum absolute atomic E-state index is 12.3. The average molecular weight is 446 g/mol. The molecule has 0 aromatic rings. The minimum Gasteiger partial charge on any atom is -0.549 e. The summed E-state index contributed by atoms with van der Waals surface area (Å²) < 4.78 is 0. The van der Waals surface area contributed by atoms with Crippen molar-refractivity contribution in [2.24, 2.45) is 0 Å². The third kappa shape index (κ3) is 21.6. The molecular formula is C20H36N2Na2O6. The number of carbonyl (C=O) groups is 3. The monoisotopic (exact) mass is 446 g/mol. The molecule has 10 heteroatoms. The van der Waals surface area contributed by atoms with Crippen molar-refractivity contribution < 1.29 is 88.8 Å². The van der Waals surface area contributed by atoms with Crippen LogP contribution in [0.15, 0.2) is 0 Å². The van der Waals surface area contributed by atoms with E-state index in [1.165, 1.54) is 43.4 Å². The van der Waals surface area contributed by atoms with Gasteiger partial charge in [0.1, 0.15) is 0 Å². The Morgan fingerprint density at radius 2 is 1.20 bits per heavy atom. The van der Waals surface area contributed by atoms with Crippen molar-refractivity contribution in [3.05, 3.63) is 0 Å². The number of aliphatic carboxylic acids is 2. The van der Waals surface area contributed by atoms with Crippen LogP contribution in [-0.2, 0) is 14.4 Å². The van der Waals surface area contributed by atoms with Gasteiger partial charge in [0.05, 0.1) is 18.5 Å². The first-order chi connectivity index (χ1) is 13.4. The van der Waals surface area contributed by atoms with E-state index in [4.69, 9.17) is 5.11 Å². The predicted molar refractivity (Wildman–Crippen MR) is 102 cm³/mol. The Hall–Kier alpha value is 0.330. The maximum Gasteiger partial charge on any atom is 1.00 e. The minimum absolute atomic E-state index is 0. The van der Waals surface area contributed by atoms with Crippen LogP contribution in [0.4, 0.5) is 0 Å². The van der Waals surface area contributed by atoms with E-state index in [-0.39, 0.29) is 91.3 Å². The van der Waals surface area contributed by atoms with Gasteiger partial charge in [-0.1, -0.05) is 58.3 Å². The van der Waals surface area contributed by atoms with Gasteiger partial charge < -0.3 is 29.8 Å². The molecule has 0 aliphatic rings. The van der Waals surface area contributed by atoms with Crippen molar-refractivity contribution >= 4 is 17.8 Å². The number of aliphatic hydroxyl groups is 1. The second-order valence-electron chi connectivity index (χ2n) is 7.14. The van der Waals surface area contributed by atoms with E-state index < -0.39 is 25.0 Å². The number of rotatable bonds is 19. The summed E-state index contributed by atoms with van der Waals surface area (Å²) in [6.07, 6.45) is 10.7. The van der Waals surface area contributed by atoms with Crippen LogP contribution in [0, 0.1) is 0 Å². The van der Waals surface area contributed by atoms with Crippen molar-refractivity contribution in [2.45, 2.75) is 71.1 Å². The first-order valence-electron chi connectivity index (χ1n) is 10.4. The molecule has 1 amide bonds. The van der Waals surface area contributed by atoms with Crippen LogP contribution in [0.2, 0.25) is 0 Å². The molecule has 0 aliphatic heterocycles. The predicted octanol–water partition coefficient (Wildman–Crippen LogP) is -6.46. The molecular weight excluding hydrogens is 410 g/mol. The van der Waals surface area contributed by atoms with Crippen molar-refractivity contribution in [3.63, 3.8) is 0 Å². The van der Waals surface area contributed by atoms with Gasteiger partial charge in [-0.05, 0) is 6.42 Å². The first-order valence-corrected chi connectivity index (χ1v) is 10.4. The standard InChI is InChI=1S/C20H38N2O6.2Na/c1-2-3-4-5-6-7-8-9-10-11-18(24)22(14-15-23)13-12-21(16-19(25)26)17-20(27)28;;/h23H,2-17H2,1H3,(H,25,26)(H,27,28);;/q;2*+1/p-2. The number of amides is 1. The van der Waals surface area contributed by atoms with Crippen LogP contribution in [0.3, 0.4) is 0 Å². The molecule has 0 aromatic heterocycles. The van der Waals surface area contributed by atoms with E-state index in [1.54, 1.807) is 0 Å². The quantitative estimate of drug-likeness (QED) is 0.155. The zero-order valence-corrected chi connectivity index (χ0v) is 23.2. The minimum atomic E-state index is -1.39. The topological polar surface area (TPSA) is 124 Å². The van der Waals surface area contributed by atoms with E-state index in [9.17, 15) is 24.6 Å². The molecule has 0 saturated heterocycles. The van der Waals surface area contributed by atoms with Gasteiger partial charge in [-0.15, -0.1) is 0 Å². The fourth-order valence-electron chi connectivity index (χ4n) is 3.07. The fraction of sp³-hybridized carbons (Fsp3) is 0.850.